The Kier molecular flexibility index (Phi) is 5.88. The number of aromatic nitrogens is 2. The lowest BCUT2D eigenvalue weighted by molar-refractivity contribution is 0.102. The Morgan fingerprint density at radius 2 is 1.85 bits per heavy atom. The Morgan fingerprint density at radius 1 is 1.11 bits per heavy atom. The van der Waals surface area contributed by atoms with Gasteiger partial charge in [-0.05, 0) is 48.4 Å². The van der Waals surface area contributed by atoms with E-state index >= 15 is 0 Å². The summed E-state index contributed by atoms with van der Waals surface area (Å²) in [5, 5.41) is 6.27. The second-order valence-electron chi connectivity index (χ2n) is 5.74. The number of hydrogen-bond donors (Lipinski definition) is 2. The number of halogens is 1. The molecule has 1 amide bonds. The molecule has 27 heavy (non-hydrogen) atoms. The van der Waals surface area contributed by atoms with Crippen molar-refractivity contribution in [2.24, 2.45) is 0 Å². The van der Waals surface area contributed by atoms with Gasteiger partial charge in [0.1, 0.15) is 11.4 Å². The molecule has 6 nitrogen and oxygen atoms in total. The molecular weight excluding hydrogens is 364 g/mol. The number of benzene rings is 2. The summed E-state index contributed by atoms with van der Waals surface area (Å²) in [7, 11) is 1.53. The Balaban J connectivity index is 1.72. The van der Waals surface area contributed by atoms with Crippen LogP contribution in [-0.2, 0) is 6.42 Å². The molecule has 138 valence electrons. The Labute approximate surface area is 162 Å². The largest absolute Gasteiger partial charge is 0.495 e. The van der Waals surface area contributed by atoms with E-state index in [4.69, 9.17) is 16.3 Å². The third kappa shape index (κ3) is 4.74. The van der Waals surface area contributed by atoms with Gasteiger partial charge in [-0.1, -0.05) is 30.7 Å². The summed E-state index contributed by atoms with van der Waals surface area (Å²) in [6.07, 6.45) is 2.51. The number of rotatable bonds is 6. The number of nitrogens with one attached hydrogen (secondary N) is 2. The van der Waals surface area contributed by atoms with Gasteiger partial charge in [0.15, 0.2) is 0 Å². The molecule has 0 aliphatic rings. The van der Waals surface area contributed by atoms with Crippen molar-refractivity contribution in [3.05, 3.63) is 71.0 Å². The van der Waals surface area contributed by atoms with Crippen LogP contribution in [0.4, 0.5) is 17.3 Å². The molecular formula is C20H19ClN4O2. The van der Waals surface area contributed by atoms with Crippen LogP contribution in [0.25, 0.3) is 0 Å². The van der Waals surface area contributed by atoms with E-state index in [0.29, 0.717) is 22.4 Å². The predicted molar refractivity (Wildman–Crippen MR) is 107 cm³/mol. The summed E-state index contributed by atoms with van der Waals surface area (Å²) < 4.78 is 5.10. The summed E-state index contributed by atoms with van der Waals surface area (Å²) in [6.45, 7) is 2.10. The average Bonchev–Trinajstić information content (AvgIpc) is 2.69. The standard InChI is InChI=1S/C20H19ClN4O2/c1-3-13-4-6-14(7-5-13)24-20-22-11-10-17(25-20)19(26)23-15-8-9-18(27-2)16(21)12-15/h4-12H,3H2,1-2H3,(H,23,26)(H,22,24,25). The fourth-order valence-electron chi connectivity index (χ4n) is 2.44. The van der Waals surface area contributed by atoms with Crippen molar-refractivity contribution in [1.29, 1.82) is 0 Å². The summed E-state index contributed by atoms with van der Waals surface area (Å²) in [6, 6.07) is 14.5. The topological polar surface area (TPSA) is 76.1 Å². The van der Waals surface area contributed by atoms with Crippen molar-refractivity contribution in [3.63, 3.8) is 0 Å². The van der Waals surface area contributed by atoms with Crippen LogP contribution in [-0.4, -0.2) is 23.0 Å². The normalized spacial score (nSPS) is 10.3. The molecule has 3 aromatic rings. The number of carbonyl (C=O) groups excluding carboxylic acids is 1. The zero-order valence-electron chi connectivity index (χ0n) is 15.0. The molecule has 0 atom stereocenters. The summed E-state index contributed by atoms with van der Waals surface area (Å²) in [5.41, 5.74) is 2.89. The summed E-state index contributed by atoms with van der Waals surface area (Å²) >= 11 is 6.08. The van der Waals surface area contributed by atoms with Crippen LogP contribution < -0.4 is 15.4 Å². The molecule has 0 saturated carbocycles. The highest BCUT2D eigenvalue weighted by molar-refractivity contribution is 6.32. The van der Waals surface area contributed by atoms with Gasteiger partial charge >= 0.3 is 0 Å². The number of anilines is 3. The third-order valence-electron chi connectivity index (χ3n) is 3.92. The molecule has 1 heterocycles. The molecule has 0 spiro atoms. The molecule has 3 rings (SSSR count). The molecule has 1 aromatic heterocycles. The first-order valence-electron chi connectivity index (χ1n) is 8.43. The van der Waals surface area contributed by atoms with Gasteiger partial charge in [0.2, 0.25) is 5.95 Å². The molecule has 2 N–H and O–H groups in total. The van der Waals surface area contributed by atoms with Gasteiger partial charge in [-0.3, -0.25) is 4.79 Å². The first-order chi connectivity index (χ1) is 13.1. The van der Waals surface area contributed by atoms with E-state index in [-0.39, 0.29) is 11.6 Å². The molecule has 0 radical (unpaired) electrons. The van der Waals surface area contributed by atoms with Crippen LogP contribution in [0.5, 0.6) is 5.75 Å². The molecule has 0 unspecified atom stereocenters. The van der Waals surface area contributed by atoms with E-state index in [1.54, 1.807) is 24.3 Å². The second-order valence-corrected chi connectivity index (χ2v) is 6.15. The maximum Gasteiger partial charge on any atom is 0.274 e. The lowest BCUT2D eigenvalue weighted by Gasteiger charge is -2.09. The van der Waals surface area contributed by atoms with Crippen LogP contribution in [0, 0.1) is 0 Å². The van der Waals surface area contributed by atoms with Crippen molar-refractivity contribution >= 4 is 34.8 Å². The van der Waals surface area contributed by atoms with Crippen LogP contribution in [0.2, 0.25) is 5.02 Å². The van der Waals surface area contributed by atoms with Crippen molar-refractivity contribution in [2.45, 2.75) is 13.3 Å². The molecule has 0 saturated heterocycles. The van der Waals surface area contributed by atoms with Crippen LogP contribution in [0.3, 0.4) is 0 Å². The fraction of sp³-hybridized carbons (Fsp3) is 0.150. The van der Waals surface area contributed by atoms with Crippen LogP contribution >= 0.6 is 11.6 Å². The van der Waals surface area contributed by atoms with Crippen LogP contribution in [0.15, 0.2) is 54.7 Å². The van der Waals surface area contributed by atoms with Gasteiger partial charge < -0.3 is 15.4 Å². The highest BCUT2D eigenvalue weighted by Gasteiger charge is 2.11. The van der Waals surface area contributed by atoms with E-state index in [2.05, 4.69) is 27.5 Å². The van der Waals surface area contributed by atoms with Gasteiger partial charge in [-0.25, -0.2) is 9.97 Å². The second kappa shape index (κ2) is 8.51. The van der Waals surface area contributed by atoms with E-state index in [0.717, 1.165) is 12.1 Å². The smallest absolute Gasteiger partial charge is 0.274 e. The van der Waals surface area contributed by atoms with E-state index < -0.39 is 0 Å². The first-order valence-corrected chi connectivity index (χ1v) is 8.80. The maximum atomic E-state index is 12.5. The SMILES string of the molecule is CCc1ccc(Nc2nccc(C(=O)Nc3ccc(OC)c(Cl)c3)n2)cc1. The van der Waals surface area contributed by atoms with Crippen molar-refractivity contribution < 1.29 is 9.53 Å². The Morgan fingerprint density at radius 3 is 2.52 bits per heavy atom. The number of amides is 1. The maximum absolute atomic E-state index is 12.5. The van der Waals surface area contributed by atoms with Gasteiger partial charge in [-0.15, -0.1) is 0 Å². The molecule has 0 aliphatic carbocycles. The molecule has 7 heteroatoms. The van der Waals surface area contributed by atoms with Crippen molar-refractivity contribution in [1.82, 2.24) is 9.97 Å². The predicted octanol–water partition coefficient (Wildman–Crippen LogP) is 4.70. The lowest BCUT2D eigenvalue weighted by Crippen LogP contribution is -2.14. The quantitative estimate of drug-likeness (QED) is 0.646. The molecule has 0 aliphatic heterocycles. The molecule has 2 aromatic carbocycles. The number of ether oxygens (including phenoxy) is 1. The van der Waals surface area contributed by atoms with E-state index in [9.17, 15) is 4.79 Å². The van der Waals surface area contributed by atoms with Crippen LogP contribution in [0.1, 0.15) is 23.0 Å². The monoisotopic (exact) mass is 382 g/mol. The lowest BCUT2D eigenvalue weighted by atomic mass is 10.1. The first kappa shape index (κ1) is 18.7. The van der Waals surface area contributed by atoms with Gasteiger partial charge in [0, 0.05) is 17.6 Å². The summed E-state index contributed by atoms with van der Waals surface area (Å²) in [4.78, 5) is 20.9. The average molecular weight is 383 g/mol. The van der Waals surface area contributed by atoms with Crippen molar-refractivity contribution in [2.75, 3.05) is 17.7 Å². The number of carbonyl (C=O) groups is 1. The zero-order chi connectivity index (χ0) is 19.2. The fourth-order valence-corrected chi connectivity index (χ4v) is 2.70. The molecule has 0 bridgehead atoms. The highest BCUT2D eigenvalue weighted by Crippen LogP contribution is 2.27. The van der Waals surface area contributed by atoms with Crippen molar-refractivity contribution in [3.8, 4) is 5.75 Å². The third-order valence-corrected chi connectivity index (χ3v) is 4.21. The Bertz CT molecular complexity index is 945. The van der Waals surface area contributed by atoms with E-state index in [1.807, 2.05) is 24.3 Å². The number of nitrogens with zero attached hydrogens (tertiary/aromatic N) is 2. The number of hydrogen-bond acceptors (Lipinski definition) is 5. The van der Waals surface area contributed by atoms with E-state index in [1.165, 1.54) is 18.9 Å². The van der Waals surface area contributed by atoms with Gasteiger partial charge in [-0.2, -0.15) is 0 Å². The minimum atomic E-state index is -0.358. The number of methoxy groups -OCH3 is 1. The molecule has 0 fully saturated rings. The highest BCUT2D eigenvalue weighted by atomic mass is 35.5. The Hall–Kier alpha value is -3.12. The minimum absolute atomic E-state index is 0.240. The van der Waals surface area contributed by atoms with Gasteiger partial charge in [0.05, 0.1) is 12.1 Å². The minimum Gasteiger partial charge on any atom is -0.495 e. The van der Waals surface area contributed by atoms with Gasteiger partial charge in [0.25, 0.3) is 5.91 Å². The summed E-state index contributed by atoms with van der Waals surface area (Å²) in [5.74, 6) is 0.528. The number of aryl methyl sites for hydroxylation is 1. The zero-order valence-corrected chi connectivity index (χ0v) is 15.7.